The van der Waals surface area contributed by atoms with Crippen molar-refractivity contribution in [1.82, 2.24) is 34.9 Å². The number of hydrogen-bond donors (Lipinski definition) is 4. The number of carbonyl (C=O) groups excluding carboxylic acids is 4. The van der Waals surface area contributed by atoms with E-state index in [1.54, 1.807) is 57.4 Å². The minimum absolute atomic E-state index is 0.0104. The maximum atomic E-state index is 14.0. The summed E-state index contributed by atoms with van der Waals surface area (Å²) in [7, 11) is 7.97. The van der Waals surface area contributed by atoms with E-state index in [-0.39, 0.29) is 89.2 Å². The molecule has 2 aromatic heterocycles. The van der Waals surface area contributed by atoms with Gasteiger partial charge in [0, 0.05) is 235 Å². The zero-order valence-corrected chi connectivity index (χ0v) is 69.9. The fourth-order valence-electron chi connectivity index (χ4n) is 16.2. The van der Waals surface area contributed by atoms with Gasteiger partial charge in [-0.3, -0.25) is 39.4 Å². The summed E-state index contributed by atoms with van der Waals surface area (Å²) in [6, 6.07) is 27.0. The van der Waals surface area contributed by atoms with Crippen LogP contribution >= 0.6 is 0 Å². The van der Waals surface area contributed by atoms with Crippen molar-refractivity contribution in [3.05, 3.63) is 220 Å². The number of alkyl halides is 12. The van der Waals surface area contributed by atoms with Crippen molar-refractivity contribution in [2.24, 2.45) is 17.0 Å². The monoisotopic (exact) mass is 1810 g/mol. The third-order valence-corrected chi connectivity index (χ3v) is 23.3. The highest BCUT2D eigenvalue weighted by Crippen LogP contribution is 2.62. The number of hydrogen-bond acceptors (Lipinski definition) is 23. The summed E-state index contributed by atoms with van der Waals surface area (Å²) >= 11 is 0. The Balaban J connectivity index is 0.000000143. The molecule has 10 aliphatic rings. The number of nitro groups is 2. The second kappa shape index (κ2) is 39.5. The quantitative estimate of drug-likeness (QED) is 0.0149. The molecule has 6 fully saturated rings. The fourth-order valence-corrected chi connectivity index (χ4v) is 16.2. The van der Waals surface area contributed by atoms with Gasteiger partial charge in [0.05, 0.1) is 38.0 Å². The van der Waals surface area contributed by atoms with Crippen molar-refractivity contribution < 1.29 is 105 Å². The average Bonchev–Trinajstić information content (AvgIpc) is 1.54. The van der Waals surface area contributed by atoms with Crippen LogP contribution in [0, 0.1) is 37.9 Å². The Kier molecular flexibility index (Phi) is 28.8. The minimum atomic E-state index is -4.92. The van der Waals surface area contributed by atoms with Crippen molar-refractivity contribution in [3.63, 3.8) is 0 Å². The standard InChI is InChI=1S/C32H31F3N4O4.C18H13N5O4.C12H14F3N3O2.C12H16F3N3.C7H3F4NO2.C5H12N2/c1-38-10-12-39(13-11-38)25-5-2-18(15-24(25)32(33,34)35)14-19(40)16-23-29-22-17-20(3-6-26(22)43-30(23)29)42-27-8-9-36-31-21(27)4-7-28(41)37-31;19-23-22-18(25)15-14-10-7-8(1-3-11(10)27-16(14)15)26-12-5-6-20-17-9(12)2-4-13(24)21-17;1-16-4-6-17(7-5-16)11-3-2-9(18(19)20)8-10(11)12(13,14)15;1-17-4-6-18(7-5-17)11-3-2-9(16)8-10(11)12(13,14)15;8-6-2-1-4(12(13)14)3-5(6)7(9,10)11;1-7-4-2-6-3-5-7/h2-3,5-6,8-9,15,17,23,29-30H,4,7,10-14,16H2,1H3,(H,36,37,41);1,3,5-7,14-16H,2,4H2,(H,20,21,24);2-3,8H,4-7H2,1H3;2-3,8H,4-7,16H2,1H3;1-3H;6H,2-5H2,1H3/t23-,29-,30+;14-,15-,16-;;;;/m00..../s1. The highest BCUT2D eigenvalue weighted by molar-refractivity contribution is 5.94. The van der Waals surface area contributed by atoms with Crippen LogP contribution in [0.1, 0.15) is 81.2 Å². The number of fused-ring (bicyclic) bond motifs is 8. The predicted octanol–water partition coefficient (Wildman–Crippen LogP) is 15.0. The van der Waals surface area contributed by atoms with E-state index < -0.39 is 85.8 Å². The van der Waals surface area contributed by atoms with Crippen LogP contribution in [0.3, 0.4) is 0 Å². The number of anilines is 6. The molecular formula is C86H89F13N18O12. The van der Waals surface area contributed by atoms with Crippen LogP contribution in [0.4, 0.5) is 103 Å². The van der Waals surface area contributed by atoms with E-state index >= 15 is 0 Å². The van der Waals surface area contributed by atoms with Crippen molar-refractivity contribution >= 4 is 69.3 Å². The van der Waals surface area contributed by atoms with Gasteiger partial charge in [0.15, 0.2) is 0 Å². The molecule has 686 valence electrons. The first kappa shape index (κ1) is 93.9. The van der Waals surface area contributed by atoms with E-state index in [0.717, 1.165) is 72.4 Å². The lowest BCUT2D eigenvalue weighted by Gasteiger charge is -2.35. The number of nitro benzene ring substituents is 2. The Labute approximate surface area is 729 Å². The van der Waals surface area contributed by atoms with E-state index in [9.17, 15) is 96.5 Å². The molecule has 5 N–H and O–H groups in total. The molecule has 18 rings (SSSR count). The third kappa shape index (κ3) is 23.3. The number of halogens is 13. The second-order valence-corrected chi connectivity index (χ2v) is 32.2. The number of rotatable bonds is 14. The number of nitrogens with one attached hydrogen (secondary N) is 3. The molecule has 4 saturated heterocycles. The van der Waals surface area contributed by atoms with Crippen LogP contribution in [0.15, 0.2) is 139 Å². The Hall–Kier alpha value is -12.7. The molecule has 10 heterocycles. The van der Waals surface area contributed by atoms with Crippen molar-refractivity contribution in [1.29, 1.82) is 0 Å². The number of aromatic nitrogens is 2. The molecule has 43 heteroatoms. The Morgan fingerprint density at radius 1 is 0.527 bits per heavy atom. The van der Waals surface area contributed by atoms with E-state index in [2.05, 4.69) is 57.7 Å². The summed E-state index contributed by atoms with van der Waals surface area (Å²) in [4.78, 5) is 91.7. The van der Waals surface area contributed by atoms with Crippen molar-refractivity contribution in [2.45, 2.75) is 87.3 Å². The number of likely N-dealkylation sites (N-methyl/N-ethyl adjacent to an activating group) is 4. The van der Waals surface area contributed by atoms with Gasteiger partial charge in [0.1, 0.15) is 69.9 Å². The van der Waals surface area contributed by atoms with Crippen molar-refractivity contribution in [2.75, 3.05) is 164 Å². The molecule has 129 heavy (non-hydrogen) atoms. The van der Waals surface area contributed by atoms with Gasteiger partial charge in [-0.25, -0.2) is 14.4 Å². The minimum Gasteiger partial charge on any atom is -0.489 e. The van der Waals surface area contributed by atoms with E-state index in [4.69, 9.17) is 30.2 Å². The molecule has 30 nitrogen and oxygen atoms in total. The third-order valence-electron chi connectivity index (χ3n) is 23.3. The Bertz CT molecular complexity index is 5540. The molecule has 0 unspecified atom stereocenters. The molecule has 0 bridgehead atoms. The molecular weight excluding hydrogens is 1720 g/mol. The first-order valence-electron chi connectivity index (χ1n) is 41.0. The first-order valence-corrected chi connectivity index (χ1v) is 41.0. The number of Topliss-reactive ketones (excluding diaryl/α,β-unsaturated/α-hetero) is 1. The summed E-state index contributed by atoms with van der Waals surface area (Å²) in [6.07, 6.45) is -13.6. The SMILES string of the molecule is CN1CCN(c2ccc(CC(=O)C[C@@H]3[C@H]4Oc5ccc(Oc6ccnc7c6CCC(=O)N7)cc5[C@@H]34)cc2C(F)(F)F)CC1.CN1CCN(c2ccc(N)cc2C(F)(F)F)CC1.CN1CCN(c2ccc([N+](=O)[O-])cc2C(F)(F)F)CC1.CN1CCNCC1.O=[N+]([O-])c1ccc(F)c(C(F)(F)F)c1.[N-]=[N+]=NC(=O)[C@@H]1[C@H]2Oc3ccc(Oc4ccnc5c4CCC(=O)N5)cc3[C@H]21. The van der Waals surface area contributed by atoms with E-state index in [1.807, 2.05) is 50.3 Å². The van der Waals surface area contributed by atoms with Gasteiger partial charge in [-0.1, -0.05) is 6.07 Å². The maximum Gasteiger partial charge on any atom is 0.419 e. The lowest BCUT2D eigenvalue weighted by molar-refractivity contribution is -0.385. The summed E-state index contributed by atoms with van der Waals surface area (Å²) in [5, 5.41) is 32.7. The molecule has 8 aromatic rings. The maximum absolute atomic E-state index is 14.0. The normalized spacial score (nSPS) is 20.3. The number of nitrogen functional groups attached to an aromatic ring is 1. The van der Waals surface area contributed by atoms with Crippen LogP contribution in [0.25, 0.3) is 10.4 Å². The number of ether oxygens (including phenoxy) is 4. The molecule has 0 radical (unpaired) electrons. The number of amides is 3. The zero-order chi connectivity index (χ0) is 92.7. The summed E-state index contributed by atoms with van der Waals surface area (Å²) in [5.74, 6) is 2.21. The van der Waals surface area contributed by atoms with Crippen LogP contribution in [0.2, 0.25) is 0 Å². The zero-order valence-electron chi connectivity index (χ0n) is 69.9. The number of carbonyl (C=O) groups is 4. The van der Waals surface area contributed by atoms with Gasteiger partial charge in [-0.2, -0.15) is 52.7 Å². The lowest BCUT2D eigenvalue weighted by atomic mass is 9.99. The fraction of sp³-hybridized carbons (Fsp3) is 0.419. The van der Waals surface area contributed by atoms with E-state index in [1.165, 1.54) is 37.4 Å². The topological polar surface area (TPSA) is 351 Å². The largest absolute Gasteiger partial charge is 0.489 e. The molecule has 0 spiro atoms. The lowest BCUT2D eigenvalue weighted by Crippen LogP contribution is -2.45. The van der Waals surface area contributed by atoms with Gasteiger partial charge in [0.2, 0.25) is 17.7 Å². The molecule has 8 aliphatic heterocycles. The highest BCUT2D eigenvalue weighted by atomic mass is 19.4. The number of piperazine rings is 4. The number of ketones is 1. The van der Waals surface area contributed by atoms with Gasteiger partial charge >= 0.3 is 24.7 Å². The number of nitrogens with two attached hydrogens (primary N) is 1. The Morgan fingerprint density at radius 2 is 0.946 bits per heavy atom. The second-order valence-electron chi connectivity index (χ2n) is 32.2. The van der Waals surface area contributed by atoms with Crippen molar-refractivity contribution in [3.8, 4) is 34.5 Å². The number of azide groups is 1. The number of pyridine rings is 2. The van der Waals surface area contributed by atoms with Gasteiger partial charge in [-0.05, 0) is 148 Å². The molecule has 3 amide bonds. The summed E-state index contributed by atoms with van der Waals surface area (Å²) in [6.45, 7) is 12.2. The van der Waals surface area contributed by atoms with E-state index in [0.29, 0.717) is 155 Å². The molecule has 6 atom stereocenters. The average molecular weight is 1810 g/mol. The molecule has 2 aliphatic carbocycles. The first-order chi connectivity index (χ1) is 61.2. The smallest absolute Gasteiger partial charge is 0.419 e. The summed E-state index contributed by atoms with van der Waals surface area (Å²) in [5.41, 5.74) is 13.1. The highest BCUT2D eigenvalue weighted by Gasteiger charge is 2.62. The van der Waals surface area contributed by atoms with Crippen LogP contribution < -0.4 is 55.3 Å². The van der Waals surface area contributed by atoms with Gasteiger partial charge in [0.25, 0.3) is 11.4 Å². The van der Waals surface area contributed by atoms with Gasteiger partial charge in [-0.15, -0.1) is 0 Å². The van der Waals surface area contributed by atoms with Crippen LogP contribution in [-0.4, -0.2) is 208 Å². The predicted molar refractivity (Wildman–Crippen MR) is 447 cm³/mol. The molecule has 2 saturated carbocycles. The molecule has 6 aromatic carbocycles. The number of nitrogens with zero attached hydrogens (tertiary/aromatic N) is 14. The Morgan fingerprint density at radius 3 is 1.40 bits per heavy atom. The van der Waals surface area contributed by atoms with Crippen LogP contribution in [0.5, 0.6) is 34.5 Å². The van der Waals surface area contributed by atoms with Crippen LogP contribution in [-0.2, 0) is 63.1 Å². The number of benzene rings is 6. The number of non-ortho nitro benzene ring substituents is 2. The van der Waals surface area contributed by atoms with Gasteiger partial charge < -0.3 is 74.9 Å². The summed E-state index contributed by atoms with van der Waals surface area (Å²) < 4.78 is 193.